The summed E-state index contributed by atoms with van der Waals surface area (Å²) in [5.41, 5.74) is 9.84. The Labute approximate surface area is 163 Å². The number of fused-ring (bicyclic) bond motifs is 1. The number of benzene rings is 2. The van der Waals surface area contributed by atoms with E-state index < -0.39 is 0 Å². The van der Waals surface area contributed by atoms with Gasteiger partial charge in [0, 0.05) is 47.7 Å². The van der Waals surface area contributed by atoms with E-state index in [0.717, 1.165) is 18.5 Å². The number of aromatic nitrogens is 1. The van der Waals surface area contributed by atoms with E-state index >= 15 is 0 Å². The van der Waals surface area contributed by atoms with Crippen LogP contribution in [0.3, 0.4) is 0 Å². The van der Waals surface area contributed by atoms with E-state index in [2.05, 4.69) is 27.8 Å². The van der Waals surface area contributed by atoms with Crippen molar-refractivity contribution in [3.63, 3.8) is 0 Å². The third-order valence-corrected chi connectivity index (χ3v) is 4.29. The Balaban J connectivity index is 1.52. The Morgan fingerprint density at radius 2 is 1.89 bits per heavy atom. The maximum Gasteiger partial charge on any atom is 0.248 e. The molecule has 1 heterocycles. The zero-order valence-electron chi connectivity index (χ0n) is 15.4. The molecule has 6 heteroatoms. The molecule has 3 aromatic rings. The van der Waals surface area contributed by atoms with Crippen molar-refractivity contribution in [2.45, 2.75) is 6.42 Å². The summed E-state index contributed by atoms with van der Waals surface area (Å²) in [7, 11) is 0. The van der Waals surface area contributed by atoms with Crippen molar-refractivity contribution in [1.82, 2.24) is 10.3 Å². The van der Waals surface area contributed by atoms with E-state index in [4.69, 9.17) is 11.1 Å². The fourth-order valence-electron chi connectivity index (χ4n) is 2.83. The molecule has 0 radical (unpaired) electrons. The normalized spacial score (nSPS) is 11.6. The molecule has 6 N–H and O–H groups in total. The third kappa shape index (κ3) is 4.88. The molecule has 2 aromatic carbocycles. The summed E-state index contributed by atoms with van der Waals surface area (Å²) in [5.74, 6) is -0.301. The fraction of sp³-hybridized carbons (Fsp3) is 0.0909. The Hall–Kier alpha value is -3.80. The van der Waals surface area contributed by atoms with Crippen LogP contribution in [-0.4, -0.2) is 23.7 Å². The quantitative estimate of drug-likeness (QED) is 0.137. The van der Waals surface area contributed by atoms with Crippen LogP contribution in [-0.2, 0) is 11.2 Å². The number of amides is 1. The number of nitrogens with two attached hydrogens (primary N) is 1. The molecule has 0 spiro atoms. The topological polar surface area (TPSA) is 107 Å². The summed E-state index contributed by atoms with van der Waals surface area (Å²) in [6, 6.07) is 15.3. The molecule has 28 heavy (non-hydrogen) atoms. The first-order chi connectivity index (χ1) is 13.7. The van der Waals surface area contributed by atoms with Gasteiger partial charge in [-0.2, -0.15) is 0 Å². The van der Waals surface area contributed by atoms with Crippen LogP contribution in [0.2, 0.25) is 0 Å². The number of H-pyrrole nitrogens is 1. The van der Waals surface area contributed by atoms with Gasteiger partial charge in [0.1, 0.15) is 0 Å². The monoisotopic (exact) mass is 373 g/mol. The summed E-state index contributed by atoms with van der Waals surface area (Å²) in [5, 5.41) is 14.6. The number of para-hydroxylation sites is 3. The number of anilines is 2. The van der Waals surface area contributed by atoms with E-state index in [9.17, 15) is 4.79 Å². The molecule has 142 valence electrons. The smallest absolute Gasteiger partial charge is 0.248 e. The molecule has 0 aliphatic carbocycles. The lowest BCUT2D eigenvalue weighted by Gasteiger charge is -2.05. The van der Waals surface area contributed by atoms with Gasteiger partial charge >= 0.3 is 0 Å². The highest BCUT2D eigenvalue weighted by molar-refractivity contribution is 6.02. The lowest BCUT2D eigenvalue weighted by molar-refractivity contribution is -0.111. The van der Waals surface area contributed by atoms with E-state index in [1.165, 1.54) is 23.2 Å². The van der Waals surface area contributed by atoms with Crippen molar-refractivity contribution in [1.29, 1.82) is 5.41 Å². The molecular weight excluding hydrogens is 350 g/mol. The van der Waals surface area contributed by atoms with Gasteiger partial charge in [0.05, 0.1) is 11.4 Å². The third-order valence-electron chi connectivity index (χ3n) is 4.29. The minimum Gasteiger partial charge on any atom is -0.397 e. The number of carbonyl (C=O) groups is 1. The first-order valence-electron chi connectivity index (χ1n) is 9.00. The molecule has 0 aliphatic heterocycles. The van der Waals surface area contributed by atoms with Crippen LogP contribution in [0.4, 0.5) is 11.4 Å². The molecule has 0 saturated carbocycles. The van der Waals surface area contributed by atoms with Gasteiger partial charge < -0.3 is 26.8 Å². The number of rotatable bonds is 8. The minimum atomic E-state index is -0.301. The highest BCUT2D eigenvalue weighted by Crippen LogP contribution is 2.18. The summed E-state index contributed by atoms with van der Waals surface area (Å²) in [6.45, 7) is 0.722. The minimum absolute atomic E-state index is 0.301. The predicted octanol–water partition coefficient (Wildman–Crippen LogP) is 3.61. The maximum absolute atomic E-state index is 12.0. The lowest BCUT2D eigenvalue weighted by atomic mass is 10.1. The Kier molecular flexibility index (Phi) is 6.25. The number of hydrogen-bond acceptors (Lipinski definition) is 4. The predicted molar refractivity (Wildman–Crippen MR) is 115 cm³/mol. The second kappa shape index (κ2) is 9.23. The van der Waals surface area contributed by atoms with Crippen LogP contribution in [0.25, 0.3) is 10.9 Å². The number of allylic oxidation sites excluding steroid dienone is 2. The highest BCUT2D eigenvalue weighted by Gasteiger charge is 2.02. The Bertz CT molecular complexity index is 1030. The number of carbonyl (C=O) groups excluding carboxylic acids is 1. The van der Waals surface area contributed by atoms with E-state index in [1.807, 2.05) is 18.3 Å². The van der Waals surface area contributed by atoms with Gasteiger partial charge in [-0.25, -0.2) is 0 Å². The largest absolute Gasteiger partial charge is 0.397 e. The van der Waals surface area contributed by atoms with Crippen LogP contribution < -0.4 is 16.4 Å². The van der Waals surface area contributed by atoms with Gasteiger partial charge in [0.15, 0.2) is 0 Å². The number of nitrogens with one attached hydrogen (secondary N) is 4. The van der Waals surface area contributed by atoms with E-state index in [0.29, 0.717) is 16.9 Å². The molecule has 0 atom stereocenters. The number of hydrogen-bond donors (Lipinski definition) is 5. The molecule has 0 unspecified atom stereocenters. The van der Waals surface area contributed by atoms with Crippen molar-refractivity contribution in [2.75, 3.05) is 17.6 Å². The summed E-state index contributed by atoms with van der Waals surface area (Å²) in [4.78, 5) is 15.3. The first kappa shape index (κ1) is 19.0. The SMILES string of the molecule is N=CC(=C\NCCc1c[nH]c2ccccc12)/C=C/C(=O)Nc1ccccc1N. The molecule has 0 aliphatic rings. The summed E-state index contributed by atoms with van der Waals surface area (Å²) >= 11 is 0. The van der Waals surface area contributed by atoms with Gasteiger partial charge in [-0.1, -0.05) is 30.3 Å². The molecule has 0 fully saturated rings. The van der Waals surface area contributed by atoms with Gasteiger partial charge in [-0.05, 0) is 36.3 Å². The van der Waals surface area contributed by atoms with Crippen molar-refractivity contribution < 1.29 is 4.79 Å². The molecule has 1 aromatic heterocycles. The van der Waals surface area contributed by atoms with Crippen molar-refractivity contribution >= 4 is 34.4 Å². The second-order valence-electron chi connectivity index (χ2n) is 6.26. The van der Waals surface area contributed by atoms with Gasteiger partial charge in [-0.3, -0.25) is 4.79 Å². The van der Waals surface area contributed by atoms with E-state index in [1.54, 1.807) is 36.5 Å². The van der Waals surface area contributed by atoms with Crippen molar-refractivity contribution in [3.05, 3.63) is 84.2 Å². The molecular formula is C22H23N5O. The first-order valence-corrected chi connectivity index (χ1v) is 9.00. The molecule has 0 saturated heterocycles. The standard InChI is InChI=1S/C22H23N5O/c23-13-16(9-10-22(28)27-21-8-4-2-6-19(21)24)14-25-12-11-17-15-26-20-7-3-1-5-18(17)20/h1-10,13-15,23,25-26H,11-12,24H2,(H,27,28)/b10-9+,16-14-,23-13?. The zero-order valence-corrected chi connectivity index (χ0v) is 15.4. The maximum atomic E-state index is 12.0. The Morgan fingerprint density at radius 3 is 2.71 bits per heavy atom. The summed E-state index contributed by atoms with van der Waals surface area (Å²) in [6.07, 6.45) is 8.75. The van der Waals surface area contributed by atoms with Crippen LogP contribution >= 0.6 is 0 Å². The molecule has 0 bridgehead atoms. The fourth-order valence-corrected chi connectivity index (χ4v) is 2.83. The molecule has 3 rings (SSSR count). The van der Waals surface area contributed by atoms with Crippen molar-refractivity contribution in [3.8, 4) is 0 Å². The second-order valence-corrected chi connectivity index (χ2v) is 6.26. The van der Waals surface area contributed by atoms with Crippen LogP contribution in [0.5, 0.6) is 0 Å². The van der Waals surface area contributed by atoms with Crippen LogP contribution in [0.15, 0.2) is 78.7 Å². The lowest BCUT2D eigenvalue weighted by Crippen LogP contribution is -2.11. The van der Waals surface area contributed by atoms with Gasteiger partial charge in [-0.15, -0.1) is 0 Å². The average molecular weight is 373 g/mol. The Morgan fingerprint density at radius 1 is 1.11 bits per heavy atom. The van der Waals surface area contributed by atoms with E-state index in [-0.39, 0.29) is 5.91 Å². The molecule has 1 amide bonds. The zero-order chi connectivity index (χ0) is 19.8. The van der Waals surface area contributed by atoms with Gasteiger partial charge in [0.2, 0.25) is 5.91 Å². The number of aromatic amines is 1. The van der Waals surface area contributed by atoms with Gasteiger partial charge in [0.25, 0.3) is 0 Å². The number of nitrogen functional groups attached to an aromatic ring is 1. The highest BCUT2D eigenvalue weighted by atomic mass is 16.1. The summed E-state index contributed by atoms with van der Waals surface area (Å²) < 4.78 is 0. The molecule has 6 nitrogen and oxygen atoms in total. The van der Waals surface area contributed by atoms with Crippen LogP contribution in [0.1, 0.15) is 5.56 Å². The average Bonchev–Trinajstić information content (AvgIpc) is 3.12. The van der Waals surface area contributed by atoms with Crippen LogP contribution in [0, 0.1) is 5.41 Å². The van der Waals surface area contributed by atoms with Crippen molar-refractivity contribution in [2.24, 2.45) is 0 Å².